The molecule has 0 saturated carbocycles. The molecular weight excluding hydrogens is 254 g/mol. The lowest BCUT2D eigenvalue weighted by Gasteiger charge is -2.21. The zero-order chi connectivity index (χ0) is 12.1. The van der Waals surface area contributed by atoms with E-state index in [9.17, 15) is 4.79 Å². The molecule has 3 N–H and O–H groups in total. The monoisotopic (exact) mass is 269 g/mol. The summed E-state index contributed by atoms with van der Waals surface area (Å²) in [5.74, 6) is 4.03. The third kappa shape index (κ3) is 3.81. The van der Waals surface area contributed by atoms with Crippen molar-refractivity contribution in [2.75, 3.05) is 29.1 Å². The summed E-state index contributed by atoms with van der Waals surface area (Å²) in [5, 5.41) is 3.93. The number of nitrogens with one attached hydrogen (secondary N) is 1. The van der Waals surface area contributed by atoms with Crippen LogP contribution in [0.25, 0.3) is 0 Å². The Balaban J connectivity index is 1.84. The van der Waals surface area contributed by atoms with Gasteiger partial charge in [0.15, 0.2) is 0 Å². The van der Waals surface area contributed by atoms with E-state index in [4.69, 9.17) is 5.73 Å². The highest BCUT2D eigenvalue weighted by Crippen LogP contribution is 2.24. The minimum atomic E-state index is -0.441. The molecule has 1 atom stereocenters. The van der Waals surface area contributed by atoms with Crippen LogP contribution in [0.3, 0.4) is 0 Å². The summed E-state index contributed by atoms with van der Waals surface area (Å²) in [6.45, 7) is 0.917. The van der Waals surface area contributed by atoms with E-state index in [2.05, 4.69) is 10.3 Å². The number of aromatic nitrogens is 1. The normalized spacial score (nSPS) is 19.9. The summed E-state index contributed by atoms with van der Waals surface area (Å²) in [6.07, 6.45) is 1.51. The van der Waals surface area contributed by atoms with Gasteiger partial charge in [-0.2, -0.15) is 23.5 Å². The van der Waals surface area contributed by atoms with E-state index < -0.39 is 5.91 Å². The lowest BCUT2D eigenvalue weighted by atomic mass is 10.3. The second-order valence-electron chi connectivity index (χ2n) is 3.74. The van der Waals surface area contributed by atoms with Gasteiger partial charge in [-0.3, -0.25) is 4.79 Å². The van der Waals surface area contributed by atoms with E-state index in [0.29, 0.717) is 10.8 Å². The predicted octanol–water partition coefficient (Wildman–Crippen LogP) is 1.44. The molecule has 2 heterocycles. The SMILES string of the molecule is NC(=O)c1ccc(NCC2CSCCS2)nc1. The Labute approximate surface area is 109 Å². The molecule has 2 rings (SSSR count). The number of rotatable bonds is 4. The van der Waals surface area contributed by atoms with Gasteiger partial charge in [0.2, 0.25) is 5.91 Å². The number of carbonyl (C=O) groups excluding carboxylic acids is 1. The van der Waals surface area contributed by atoms with Crippen LogP contribution in [0.15, 0.2) is 18.3 Å². The second-order valence-corrected chi connectivity index (χ2v) is 6.30. The Morgan fingerprint density at radius 3 is 3.00 bits per heavy atom. The lowest BCUT2D eigenvalue weighted by Crippen LogP contribution is -2.23. The van der Waals surface area contributed by atoms with Crippen molar-refractivity contribution in [1.29, 1.82) is 0 Å². The van der Waals surface area contributed by atoms with Crippen molar-refractivity contribution in [3.8, 4) is 0 Å². The van der Waals surface area contributed by atoms with Crippen molar-refractivity contribution in [3.63, 3.8) is 0 Å². The van der Waals surface area contributed by atoms with Crippen molar-refractivity contribution in [1.82, 2.24) is 4.98 Å². The van der Waals surface area contributed by atoms with Gasteiger partial charge in [-0.25, -0.2) is 4.98 Å². The van der Waals surface area contributed by atoms with Crippen molar-refractivity contribution < 1.29 is 4.79 Å². The van der Waals surface area contributed by atoms with Gasteiger partial charge in [-0.05, 0) is 12.1 Å². The molecule has 1 amide bonds. The molecule has 0 radical (unpaired) electrons. The van der Waals surface area contributed by atoms with E-state index in [0.717, 1.165) is 12.4 Å². The molecule has 1 aliphatic rings. The van der Waals surface area contributed by atoms with Crippen LogP contribution < -0.4 is 11.1 Å². The number of hydrogen-bond acceptors (Lipinski definition) is 5. The maximum absolute atomic E-state index is 10.9. The van der Waals surface area contributed by atoms with Crippen molar-refractivity contribution >= 4 is 35.2 Å². The van der Waals surface area contributed by atoms with Crippen molar-refractivity contribution in [3.05, 3.63) is 23.9 Å². The Hall–Kier alpha value is -0.880. The third-order valence-corrected chi connectivity index (χ3v) is 5.29. The molecule has 92 valence electrons. The maximum atomic E-state index is 10.9. The fourth-order valence-corrected chi connectivity index (χ4v) is 4.13. The van der Waals surface area contributed by atoms with E-state index in [1.54, 1.807) is 12.1 Å². The molecule has 17 heavy (non-hydrogen) atoms. The quantitative estimate of drug-likeness (QED) is 0.865. The number of pyridine rings is 1. The van der Waals surface area contributed by atoms with Gasteiger partial charge in [0.05, 0.1) is 5.56 Å². The summed E-state index contributed by atoms with van der Waals surface area (Å²) in [7, 11) is 0. The average Bonchev–Trinajstić information content (AvgIpc) is 2.38. The topological polar surface area (TPSA) is 68.0 Å². The molecule has 1 aliphatic heterocycles. The van der Waals surface area contributed by atoms with E-state index in [-0.39, 0.29) is 0 Å². The van der Waals surface area contributed by atoms with E-state index >= 15 is 0 Å². The first-order valence-corrected chi connectivity index (χ1v) is 7.65. The highest BCUT2D eigenvalue weighted by molar-refractivity contribution is 8.06. The molecule has 0 aromatic carbocycles. The number of nitrogens with zero attached hydrogens (tertiary/aromatic N) is 1. The van der Waals surface area contributed by atoms with Gasteiger partial charge in [0.25, 0.3) is 0 Å². The van der Waals surface area contributed by atoms with Crippen molar-refractivity contribution in [2.45, 2.75) is 5.25 Å². The van der Waals surface area contributed by atoms with Gasteiger partial charge < -0.3 is 11.1 Å². The summed E-state index contributed by atoms with van der Waals surface area (Å²) >= 11 is 4.01. The molecule has 1 aromatic heterocycles. The molecule has 1 aromatic rings. The number of carbonyl (C=O) groups is 1. The summed E-state index contributed by atoms with van der Waals surface area (Å²) in [4.78, 5) is 15.0. The van der Waals surface area contributed by atoms with E-state index in [1.165, 1.54) is 23.5 Å². The van der Waals surface area contributed by atoms with Gasteiger partial charge >= 0.3 is 0 Å². The van der Waals surface area contributed by atoms with Crippen LogP contribution in [0, 0.1) is 0 Å². The molecule has 1 saturated heterocycles. The average molecular weight is 269 g/mol. The molecule has 0 bridgehead atoms. The largest absolute Gasteiger partial charge is 0.369 e. The highest BCUT2D eigenvalue weighted by atomic mass is 32.2. The van der Waals surface area contributed by atoms with Crippen LogP contribution in [0.4, 0.5) is 5.82 Å². The van der Waals surface area contributed by atoms with E-state index in [1.807, 2.05) is 23.5 Å². The smallest absolute Gasteiger partial charge is 0.250 e. The summed E-state index contributed by atoms with van der Waals surface area (Å²) in [5.41, 5.74) is 5.59. The van der Waals surface area contributed by atoms with Crippen molar-refractivity contribution in [2.24, 2.45) is 5.73 Å². The van der Waals surface area contributed by atoms with Crippen LogP contribution in [0.5, 0.6) is 0 Å². The van der Waals surface area contributed by atoms with Crippen LogP contribution in [0.2, 0.25) is 0 Å². The second kappa shape index (κ2) is 6.16. The number of anilines is 1. The van der Waals surface area contributed by atoms with Gasteiger partial charge in [-0.1, -0.05) is 0 Å². The first kappa shape index (κ1) is 12.6. The third-order valence-electron chi connectivity index (χ3n) is 2.44. The first-order chi connectivity index (χ1) is 8.25. The van der Waals surface area contributed by atoms with Crippen LogP contribution in [-0.4, -0.2) is 39.9 Å². The fourth-order valence-electron chi connectivity index (χ4n) is 1.52. The highest BCUT2D eigenvalue weighted by Gasteiger charge is 2.13. The standard InChI is InChI=1S/C11H15N3OS2/c12-11(15)8-1-2-10(13-5-8)14-6-9-7-16-3-4-17-9/h1-2,5,9H,3-4,6-7H2,(H2,12,15)(H,13,14). The Bertz CT molecular complexity index is 377. The minimum absolute atomic E-state index is 0.441. The summed E-state index contributed by atoms with van der Waals surface area (Å²) < 4.78 is 0. The molecular formula is C11H15N3OS2. The van der Waals surface area contributed by atoms with Gasteiger partial charge in [0, 0.05) is 35.3 Å². The molecule has 6 heteroatoms. The molecule has 0 spiro atoms. The lowest BCUT2D eigenvalue weighted by molar-refractivity contribution is 0.1000. The number of hydrogen-bond donors (Lipinski definition) is 2. The first-order valence-electron chi connectivity index (χ1n) is 5.45. The number of primary amides is 1. The van der Waals surface area contributed by atoms with Gasteiger partial charge in [-0.15, -0.1) is 0 Å². The zero-order valence-corrected chi connectivity index (χ0v) is 11.0. The molecule has 4 nitrogen and oxygen atoms in total. The number of thioether (sulfide) groups is 2. The van der Waals surface area contributed by atoms with Crippen LogP contribution >= 0.6 is 23.5 Å². The predicted molar refractivity (Wildman–Crippen MR) is 74.8 cm³/mol. The number of nitrogens with two attached hydrogens (primary N) is 1. The van der Waals surface area contributed by atoms with Crippen LogP contribution in [0.1, 0.15) is 10.4 Å². The fraction of sp³-hybridized carbons (Fsp3) is 0.455. The maximum Gasteiger partial charge on any atom is 0.250 e. The minimum Gasteiger partial charge on any atom is -0.369 e. The summed E-state index contributed by atoms with van der Waals surface area (Å²) in [6, 6.07) is 3.49. The molecule has 1 fully saturated rings. The Morgan fingerprint density at radius 1 is 1.53 bits per heavy atom. The van der Waals surface area contributed by atoms with Gasteiger partial charge in [0.1, 0.15) is 5.82 Å². The zero-order valence-electron chi connectivity index (χ0n) is 9.39. The number of amides is 1. The molecule has 1 unspecified atom stereocenters. The Morgan fingerprint density at radius 2 is 2.41 bits per heavy atom. The Kier molecular flexibility index (Phi) is 4.56. The van der Waals surface area contributed by atoms with Crippen LogP contribution in [-0.2, 0) is 0 Å². The molecule has 0 aliphatic carbocycles.